The van der Waals surface area contributed by atoms with Gasteiger partial charge in [0.15, 0.2) is 11.2 Å². The molecule has 0 spiro atoms. The highest BCUT2D eigenvalue weighted by atomic mass is 79.9. The summed E-state index contributed by atoms with van der Waals surface area (Å²) in [5, 5.41) is 9.08. The Hall–Kier alpha value is -2.88. The Balaban J connectivity index is 2.00. The largest absolute Gasteiger partial charge is 0.480 e. The molecule has 0 amide bonds. The van der Waals surface area contributed by atoms with Gasteiger partial charge in [-0.1, -0.05) is 22.9 Å². The fourth-order valence-corrected chi connectivity index (χ4v) is 3.88. The van der Waals surface area contributed by atoms with Crippen molar-refractivity contribution in [2.45, 2.75) is 20.0 Å². The number of carboxylic acids is 1. The lowest BCUT2D eigenvalue weighted by Crippen LogP contribution is -2.41. The number of halogens is 1. The monoisotopic (exact) mass is 447 g/mol. The van der Waals surface area contributed by atoms with Crippen molar-refractivity contribution in [3.63, 3.8) is 0 Å². The minimum absolute atomic E-state index is 0.220. The predicted octanol–water partition coefficient (Wildman–Crippen LogP) is 1.53. The molecular weight excluding hydrogens is 430 g/mol. The number of rotatable bonds is 3. The van der Waals surface area contributed by atoms with Gasteiger partial charge in [-0.05, 0) is 30.2 Å². The number of imidazole rings is 1. The topological polar surface area (TPSA) is 102 Å². The minimum atomic E-state index is -1.25. The number of hydrogen-bond donors (Lipinski definition) is 1. The smallest absolute Gasteiger partial charge is 0.333 e. The van der Waals surface area contributed by atoms with Crippen molar-refractivity contribution >= 4 is 44.7 Å². The van der Waals surface area contributed by atoms with Crippen molar-refractivity contribution in [3.05, 3.63) is 49.6 Å². The second-order valence-electron chi connectivity index (χ2n) is 7.01. The number of anilines is 2. The van der Waals surface area contributed by atoms with Crippen LogP contribution in [0.4, 0.5) is 11.6 Å². The molecule has 1 unspecified atom stereocenters. The Bertz CT molecular complexity index is 1210. The van der Waals surface area contributed by atoms with Gasteiger partial charge in [0, 0.05) is 30.3 Å². The maximum Gasteiger partial charge on any atom is 0.333 e. The molecule has 0 radical (unpaired) electrons. The molecule has 0 bridgehead atoms. The van der Waals surface area contributed by atoms with Crippen LogP contribution in [-0.4, -0.2) is 36.3 Å². The van der Waals surface area contributed by atoms with Crippen LogP contribution in [0.25, 0.3) is 11.2 Å². The molecule has 1 aromatic carbocycles. The molecule has 1 atom stereocenters. The van der Waals surface area contributed by atoms with E-state index >= 15 is 0 Å². The van der Waals surface area contributed by atoms with Crippen LogP contribution in [0.5, 0.6) is 0 Å². The first-order chi connectivity index (χ1) is 13.3. The van der Waals surface area contributed by atoms with Crippen molar-refractivity contribution in [2.75, 3.05) is 11.4 Å². The lowest BCUT2D eigenvalue weighted by molar-refractivity contribution is -0.137. The minimum Gasteiger partial charge on any atom is -0.480 e. The standard InChI is InChI=1S/C18H18BrN5O4/c1-10-7-22(12-5-3-11(19)4-6-12)17-20-15-14(23(17)8-10)16(27)24(9-13(25)26)18(28)21(15)2/h3-6,10H,7-9H2,1-2H3,(H,25,26). The van der Waals surface area contributed by atoms with E-state index in [4.69, 9.17) is 5.11 Å². The van der Waals surface area contributed by atoms with Crippen molar-refractivity contribution in [3.8, 4) is 0 Å². The van der Waals surface area contributed by atoms with Gasteiger partial charge in [0.05, 0.1) is 0 Å². The van der Waals surface area contributed by atoms with Crippen molar-refractivity contribution < 1.29 is 9.90 Å². The van der Waals surface area contributed by atoms with Crippen LogP contribution in [-0.2, 0) is 24.9 Å². The number of carbonyl (C=O) groups is 1. The third kappa shape index (κ3) is 2.84. The number of fused-ring (bicyclic) bond motifs is 3. The molecule has 0 saturated carbocycles. The molecule has 10 heteroatoms. The van der Waals surface area contributed by atoms with Gasteiger partial charge < -0.3 is 14.6 Å². The Morgan fingerprint density at radius 2 is 1.93 bits per heavy atom. The van der Waals surface area contributed by atoms with E-state index in [1.54, 1.807) is 4.57 Å². The molecule has 1 aliphatic rings. The third-order valence-electron chi connectivity index (χ3n) is 4.87. The molecule has 146 valence electrons. The normalized spacial score (nSPS) is 16.4. The fourth-order valence-electron chi connectivity index (χ4n) is 3.62. The highest BCUT2D eigenvalue weighted by Gasteiger charge is 2.30. The molecule has 0 aliphatic carbocycles. The van der Waals surface area contributed by atoms with Gasteiger partial charge in [0.1, 0.15) is 6.54 Å². The van der Waals surface area contributed by atoms with Crippen LogP contribution in [0.15, 0.2) is 38.3 Å². The third-order valence-corrected chi connectivity index (χ3v) is 5.40. The van der Waals surface area contributed by atoms with E-state index in [1.807, 2.05) is 29.2 Å². The maximum atomic E-state index is 13.0. The average Bonchev–Trinajstić information content (AvgIpc) is 3.03. The van der Waals surface area contributed by atoms with Gasteiger partial charge in [-0.2, -0.15) is 4.98 Å². The van der Waals surface area contributed by atoms with Crippen LogP contribution < -0.4 is 16.1 Å². The second kappa shape index (κ2) is 6.62. The van der Waals surface area contributed by atoms with Gasteiger partial charge >= 0.3 is 11.7 Å². The molecular formula is C18H18BrN5O4. The lowest BCUT2D eigenvalue weighted by atomic mass is 10.1. The molecule has 4 rings (SSSR count). The quantitative estimate of drug-likeness (QED) is 0.652. The molecule has 28 heavy (non-hydrogen) atoms. The summed E-state index contributed by atoms with van der Waals surface area (Å²) in [4.78, 5) is 43.2. The highest BCUT2D eigenvalue weighted by Crippen LogP contribution is 2.33. The fraction of sp³-hybridized carbons (Fsp3) is 0.333. The number of aryl methyl sites for hydroxylation is 1. The summed E-state index contributed by atoms with van der Waals surface area (Å²) >= 11 is 3.43. The zero-order chi connectivity index (χ0) is 20.2. The van der Waals surface area contributed by atoms with E-state index < -0.39 is 23.8 Å². The van der Waals surface area contributed by atoms with Crippen LogP contribution in [0.3, 0.4) is 0 Å². The van der Waals surface area contributed by atoms with Crippen LogP contribution >= 0.6 is 15.9 Å². The Morgan fingerprint density at radius 3 is 2.57 bits per heavy atom. The number of nitrogens with zero attached hydrogens (tertiary/aromatic N) is 5. The molecule has 3 heterocycles. The summed E-state index contributed by atoms with van der Waals surface area (Å²) in [5.41, 5.74) is 0.0831. The number of hydrogen-bond acceptors (Lipinski definition) is 5. The summed E-state index contributed by atoms with van der Waals surface area (Å²) < 4.78 is 4.71. The van der Waals surface area contributed by atoms with Crippen LogP contribution in [0, 0.1) is 5.92 Å². The first-order valence-corrected chi connectivity index (χ1v) is 9.52. The van der Waals surface area contributed by atoms with E-state index in [1.165, 1.54) is 11.6 Å². The number of aliphatic carboxylic acids is 1. The Labute approximate surface area is 167 Å². The predicted molar refractivity (Wildman–Crippen MR) is 107 cm³/mol. The Morgan fingerprint density at radius 1 is 1.25 bits per heavy atom. The number of aromatic nitrogens is 4. The zero-order valence-electron chi connectivity index (χ0n) is 15.3. The van der Waals surface area contributed by atoms with Gasteiger partial charge in [-0.15, -0.1) is 0 Å². The number of carboxylic acid groups (broad SMARTS) is 1. The highest BCUT2D eigenvalue weighted by molar-refractivity contribution is 9.10. The molecule has 0 fully saturated rings. The number of benzene rings is 1. The first-order valence-electron chi connectivity index (χ1n) is 8.73. The SMILES string of the molecule is CC1CN(c2ccc(Br)cc2)c2nc3c(c(=O)n(CC(=O)O)c(=O)n3C)n2C1. The van der Waals surface area contributed by atoms with Crippen LogP contribution in [0.2, 0.25) is 0 Å². The van der Waals surface area contributed by atoms with E-state index in [2.05, 4.69) is 27.8 Å². The van der Waals surface area contributed by atoms with Gasteiger partial charge in [-0.3, -0.25) is 14.2 Å². The average molecular weight is 448 g/mol. The molecule has 2 aromatic heterocycles. The van der Waals surface area contributed by atoms with Crippen molar-refractivity contribution in [1.82, 2.24) is 18.7 Å². The van der Waals surface area contributed by atoms with E-state index in [-0.39, 0.29) is 17.1 Å². The maximum absolute atomic E-state index is 13.0. The van der Waals surface area contributed by atoms with E-state index in [0.717, 1.165) is 14.7 Å². The molecule has 0 saturated heterocycles. The van der Waals surface area contributed by atoms with Gasteiger partial charge in [0.25, 0.3) is 5.56 Å². The molecule has 9 nitrogen and oxygen atoms in total. The van der Waals surface area contributed by atoms with Crippen molar-refractivity contribution in [2.24, 2.45) is 13.0 Å². The lowest BCUT2D eigenvalue weighted by Gasteiger charge is -2.33. The first kappa shape index (κ1) is 18.5. The second-order valence-corrected chi connectivity index (χ2v) is 7.93. The van der Waals surface area contributed by atoms with Gasteiger partial charge in [0.2, 0.25) is 5.95 Å². The van der Waals surface area contributed by atoms with Gasteiger partial charge in [-0.25, -0.2) is 9.36 Å². The molecule has 1 N–H and O–H groups in total. The molecule has 1 aliphatic heterocycles. The Kier molecular flexibility index (Phi) is 4.37. The van der Waals surface area contributed by atoms with E-state index in [9.17, 15) is 14.4 Å². The zero-order valence-corrected chi connectivity index (χ0v) is 16.9. The summed E-state index contributed by atoms with van der Waals surface area (Å²) in [6, 6.07) is 7.76. The molecule has 3 aromatic rings. The summed E-state index contributed by atoms with van der Waals surface area (Å²) in [7, 11) is 1.49. The summed E-state index contributed by atoms with van der Waals surface area (Å²) in [5.74, 6) is -0.463. The summed E-state index contributed by atoms with van der Waals surface area (Å²) in [6.07, 6.45) is 0. The van der Waals surface area contributed by atoms with Crippen molar-refractivity contribution in [1.29, 1.82) is 0 Å². The summed E-state index contributed by atoms with van der Waals surface area (Å²) in [6.45, 7) is 2.65. The van der Waals surface area contributed by atoms with Crippen LogP contribution in [0.1, 0.15) is 6.92 Å². The van der Waals surface area contributed by atoms with E-state index in [0.29, 0.717) is 19.0 Å².